The molecule has 6 heteroatoms. The van der Waals surface area contributed by atoms with E-state index in [0.717, 1.165) is 17.7 Å². The van der Waals surface area contributed by atoms with Crippen molar-refractivity contribution >= 4 is 23.2 Å². The van der Waals surface area contributed by atoms with Crippen molar-refractivity contribution in [1.82, 2.24) is 5.43 Å². The normalized spacial score (nSPS) is 11.6. The molecular weight excluding hydrogens is 332 g/mol. The van der Waals surface area contributed by atoms with Gasteiger partial charge in [0.1, 0.15) is 11.5 Å². The van der Waals surface area contributed by atoms with Crippen LogP contribution >= 0.6 is 0 Å². The third kappa shape index (κ3) is 5.52. The second kappa shape index (κ2) is 9.08. The van der Waals surface area contributed by atoms with Gasteiger partial charge < -0.3 is 15.3 Å². The molecule has 2 rings (SSSR count). The molecule has 0 atom stereocenters. The first kappa shape index (κ1) is 18.8. The molecular formula is C20H20N2O4. The molecule has 2 aromatic rings. The van der Waals surface area contributed by atoms with Gasteiger partial charge in [0.25, 0.3) is 0 Å². The van der Waals surface area contributed by atoms with Crippen LogP contribution in [0.4, 0.5) is 5.69 Å². The van der Waals surface area contributed by atoms with Crippen LogP contribution in [-0.4, -0.2) is 24.0 Å². The summed E-state index contributed by atoms with van der Waals surface area (Å²) in [5, 5.41) is 10.1. The van der Waals surface area contributed by atoms with E-state index in [1.165, 1.54) is 7.11 Å². The number of methoxy groups -OCH3 is 1. The van der Waals surface area contributed by atoms with Gasteiger partial charge in [-0.15, -0.1) is 0 Å². The van der Waals surface area contributed by atoms with Gasteiger partial charge in [0.2, 0.25) is 5.78 Å². The van der Waals surface area contributed by atoms with Crippen molar-refractivity contribution in [3.63, 3.8) is 0 Å². The third-order valence-electron chi connectivity index (χ3n) is 3.46. The molecule has 134 valence electrons. The summed E-state index contributed by atoms with van der Waals surface area (Å²) in [4.78, 5) is 24.0. The fourth-order valence-electron chi connectivity index (χ4n) is 2.02. The monoisotopic (exact) mass is 352 g/mol. The highest BCUT2D eigenvalue weighted by Crippen LogP contribution is 2.12. The van der Waals surface area contributed by atoms with Crippen LogP contribution < -0.4 is 10.9 Å². The number of carbonyl (C=O) groups is 2. The summed E-state index contributed by atoms with van der Waals surface area (Å²) >= 11 is 0. The van der Waals surface area contributed by atoms with Crippen molar-refractivity contribution < 1.29 is 19.4 Å². The molecule has 3 N–H and O–H groups in total. The van der Waals surface area contributed by atoms with Crippen molar-refractivity contribution in [1.29, 1.82) is 0 Å². The van der Waals surface area contributed by atoms with Gasteiger partial charge in [0.05, 0.1) is 18.9 Å². The van der Waals surface area contributed by atoms with Gasteiger partial charge in [-0.3, -0.25) is 10.2 Å². The fraction of sp³-hybridized carbons (Fsp3) is 0.100. The summed E-state index contributed by atoms with van der Waals surface area (Å²) < 4.78 is 4.57. The number of allylic oxidation sites excluding steroid dienone is 1. The molecule has 0 spiro atoms. The van der Waals surface area contributed by atoms with E-state index < -0.39 is 11.8 Å². The number of rotatable bonds is 7. The fourth-order valence-corrected chi connectivity index (χ4v) is 2.02. The Bertz CT molecular complexity index is 825. The average Bonchev–Trinajstić information content (AvgIpc) is 2.66. The Labute approximate surface area is 151 Å². The van der Waals surface area contributed by atoms with E-state index in [1.54, 1.807) is 30.3 Å². The molecule has 0 saturated heterocycles. The summed E-state index contributed by atoms with van der Waals surface area (Å²) in [5.41, 5.74) is 7.74. The minimum absolute atomic E-state index is 0.0695. The van der Waals surface area contributed by atoms with E-state index in [2.05, 4.69) is 15.6 Å². The zero-order valence-corrected chi connectivity index (χ0v) is 14.5. The Morgan fingerprint density at radius 3 is 2.27 bits per heavy atom. The minimum atomic E-state index is -0.695. The van der Waals surface area contributed by atoms with Gasteiger partial charge in [-0.1, -0.05) is 48.0 Å². The summed E-state index contributed by atoms with van der Waals surface area (Å²) in [5.74, 6) is -1.49. The minimum Gasteiger partial charge on any atom is -0.507 e. The molecule has 0 heterocycles. The number of aliphatic hydroxyl groups is 1. The maximum Gasteiger partial charge on any atom is 0.332 e. The molecule has 2 aromatic carbocycles. The summed E-state index contributed by atoms with van der Waals surface area (Å²) in [6, 6.07) is 16.1. The topological polar surface area (TPSA) is 87.7 Å². The van der Waals surface area contributed by atoms with Crippen LogP contribution in [0.5, 0.6) is 0 Å². The molecule has 0 bridgehead atoms. The number of ether oxygens (including phenoxy) is 1. The van der Waals surface area contributed by atoms with Gasteiger partial charge in [0, 0.05) is 11.6 Å². The number of benzene rings is 2. The Kier molecular flexibility index (Phi) is 6.56. The molecule has 0 fully saturated rings. The van der Waals surface area contributed by atoms with Crippen LogP contribution in [0.2, 0.25) is 0 Å². The van der Waals surface area contributed by atoms with Gasteiger partial charge in [0.15, 0.2) is 0 Å². The number of hydrogen-bond donors (Lipinski definition) is 3. The number of ketones is 1. The number of anilines is 1. The number of esters is 1. The molecule has 0 aromatic heterocycles. The van der Waals surface area contributed by atoms with Gasteiger partial charge in [-0.2, -0.15) is 0 Å². The van der Waals surface area contributed by atoms with Gasteiger partial charge in [-0.25, -0.2) is 4.79 Å². The van der Waals surface area contributed by atoms with Crippen LogP contribution in [0.3, 0.4) is 0 Å². The largest absolute Gasteiger partial charge is 0.507 e. The van der Waals surface area contributed by atoms with E-state index in [0.29, 0.717) is 11.3 Å². The number of hydrogen-bond acceptors (Lipinski definition) is 6. The number of hydrazine groups is 1. The van der Waals surface area contributed by atoms with Crippen molar-refractivity contribution in [3.8, 4) is 0 Å². The van der Waals surface area contributed by atoms with Gasteiger partial charge in [-0.05, 0) is 19.1 Å². The van der Waals surface area contributed by atoms with E-state index in [4.69, 9.17) is 0 Å². The highest BCUT2D eigenvalue weighted by atomic mass is 16.5. The quantitative estimate of drug-likeness (QED) is 0.307. The molecule has 0 saturated carbocycles. The summed E-state index contributed by atoms with van der Waals surface area (Å²) in [6.07, 6.45) is 2.05. The smallest absolute Gasteiger partial charge is 0.332 e. The Morgan fingerprint density at radius 2 is 1.65 bits per heavy atom. The third-order valence-corrected chi connectivity index (χ3v) is 3.46. The number of carbonyl (C=O) groups excluding carboxylic acids is 2. The second-order valence-corrected chi connectivity index (χ2v) is 5.46. The molecule has 26 heavy (non-hydrogen) atoms. The number of aryl methyl sites for hydroxylation is 1. The Balaban J connectivity index is 2.18. The first-order valence-electron chi connectivity index (χ1n) is 7.88. The summed E-state index contributed by atoms with van der Waals surface area (Å²) in [7, 11) is 1.21. The number of nitrogens with one attached hydrogen (secondary N) is 2. The standard InChI is InChI=1S/C20H20N2O4/c1-14-8-10-16(11-9-14)21-22-17(12-20(25)26-2)19(24)13-18(23)15-6-4-3-5-7-15/h3-13,21-23H,1-2H3/b17-12-,18-13-. The molecule has 0 aliphatic rings. The summed E-state index contributed by atoms with van der Waals surface area (Å²) in [6.45, 7) is 1.96. The highest BCUT2D eigenvalue weighted by Gasteiger charge is 2.12. The molecule has 0 radical (unpaired) electrons. The molecule has 0 amide bonds. The molecule has 0 aliphatic carbocycles. The number of aliphatic hydroxyl groups excluding tert-OH is 1. The molecule has 0 aliphatic heterocycles. The average molecular weight is 352 g/mol. The lowest BCUT2D eigenvalue weighted by Crippen LogP contribution is -2.26. The Morgan fingerprint density at radius 1 is 1.00 bits per heavy atom. The lowest BCUT2D eigenvalue weighted by molar-refractivity contribution is -0.135. The SMILES string of the molecule is COC(=O)/C=C(\NNc1ccc(C)cc1)C(=O)/C=C(\O)c1ccccc1. The molecule has 6 nitrogen and oxygen atoms in total. The van der Waals surface area contributed by atoms with E-state index >= 15 is 0 Å². The van der Waals surface area contributed by atoms with Crippen LogP contribution in [0, 0.1) is 6.92 Å². The van der Waals surface area contributed by atoms with Gasteiger partial charge >= 0.3 is 5.97 Å². The van der Waals surface area contributed by atoms with Crippen LogP contribution in [0.25, 0.3) is 5.76 Å². The Hall–Kier alpha value is -3.54. The highest BCUT2D eigenvalue weighted by molar-refractivity contribution is 6.09. The maximum atomic E-state index is 12.4. The van der Waals surface area contributed by atoms with Crippen molar-refractivity contribution in [2.24, 2.45) is 0 Å². The van der Waals surface area contributed by atoms with E-state index in [9.17, 15) is 14.7 Å². The van der Waals surface area contributed by atoms with E-state index in [1.807, 2.05) is 31.2 Å². The van der Waals surface area contributed by atoms with Crippen LogP contribution in [-0.2, 0) is 14.3 Å². The van der Waals surface area contributed by atoms with E-state index in [-0.39, 0.29) is 11.5 Å². The van der Waals surface area contributed by atoms with Crippen molar-refractivity contribution in [3.05, 3.63) is 83.6 Å². The second-order valence-electron chi connectivity index (χ2n) is 5.46. The van der Waals surface area contributed by atoms with Crippen LogP contribution in [0.15, 0.2) is 72.4 Å². The lowest BCUT2D eigenvalue weighted by atomic mass is 10.1. The first-order valence-corrected chi connectivity index (χ1v) is 7.88. The predicted molar refractivity (Wildman–Crippen MR) is 100 cm³/mol. The zero-order valence-electron chi connectivity index (χ0n) is 14.5. The first-order chi connectivity index (χ1) is 12.5. The molecule has 0 unspecified atom stereocenters. The van der Waals surface area contributed by atoms with Crippen molar-refractivity contribution in [2.45, 2.75) is 6.92 Å². The van der Waals surface area contributed by atoms with Crippen LogP contribution in [0.1, 0.15) is 11.1 Å². The van der Waals surface area contributed by atoms with Crippen molar-refractivity contribution in [2.75, 3.05) is 12.5 Å². The predicted octanol–water partition coefficient (Wildman–Crippen LogP) is 3.14. The lowest BCUT2D eigenvalue weighted by Gasteiger charge is -2.11. The maximum absolute atomic E-state index is 12.4. The zero-order chi connectivity index (χ0) is 18.9.